The van der Waals surface area contributed by atoms with Gasteiger partial charge in [-0.05, 0) is 13.3 Å². The molecule has 3 atom stereocenters. The highest BCUT2D eigenvalue weighted by Gasteiger charge is 2.87. The summed E-state index contributed by atoms with van der Waals surface area (Å²) >= 11 is 1.41. The number of alkyl halides is 8. The van der Waals surface area contributed by atoms with Gasteiger partial charge in [0.25, 0.3) is 6.10 Å². The molecule has 4 nitrogen and oxygen atoms in total. The van der Waals surface area contributed by atoms with E-state index in [2.05, 4.69) is 9.47 Å². The Kier molecular flexibility index (Phi) is 4.76. The number of ether oxygens (including phenoxy) is 2. The molecular weight excluding hydrogens is 444 g/mol. The summed E-state index contributed by atoms with van der Waals surface area (Å²) in [6.45, 7) is 2.55. The second-order valence-corrected chi connectivity index (χ2v) is 7.15. The van der Waals surface area contributed by atoms with Crippen molar-refractivity contribution in [2.24, 2.45) is 0 Å². The van der Waals surface area contributed by atoms with Crippen molar-refractivity contribution in [3.63, 3.8) is 0 Å². The number of halogens is 8. The van der Waals surface area contributed by atoms with Gasteiger partial charge in [0.2, 0.25) is 0 Å². The Labute approximate surface area is 133 Å². The molecule has 1 rings (SSSR count). The highest BCUT2D eigenvalue weighted by Crippen LogP contribution is 2.57. The molecular formula is C10H10F7IO4. The molecule has 0 radical (unpaired) electrons. The smallest absolute Gasteiger partial charge is 0.445 e. The number of carbonyl (C=O) groups is 1. The molecule has 130 valence electrons. The molecule has 0 spiro atoms. The number of hydrogen-bond acceptors (Lipinski definition) is 4. The van der Waals surface area contributed by atoms with Crippen LogP contribution in [0.5, 0.6) is 0 Å². The number of carbonyl (C=O) groups excluding carboxylic acids is 1. The Hall–Kier alpha value is -0.370. The van der Waals surface area contributed by atoms with E-state index in [1.54, 1.807) is 0 Å². The van der Waals surface area contributed by atoms with E-state index in [1.165, 1.54) is 29.5 Å². The largest absolute Gasteiger partial charge is 0.450 e. The van der Waals surface area contributed by atoms with E-state index in [4.69, 9.17) is 5.11 Å². The molecule has 0 aromatic heterocycles. The first kappa shape index (κ1) is 19.7. The van der Waals surface area contributed by atoms with E-state index < -0.39 is 39.5 Å². The molecule has 1 heterocycles. The van der Waals surface area contributed by atoms with Crippen LogP contribution < -0.4 is 0 Å². The van der Waals surface area contributed by atoms with E-state index in [9.17, 15) is 35.5 Å². The highest BCUT2D eigenvalue weighted by molar-refractivity contribution is 14.1. The van der Waals surface area contributed by atoms with Crippen LogP contribution in [-0.4, -0.2) is 44.6 Å². The zero-order chi connectivity index (χ0) is 17.8. The van der Waals surface area contributed by atoms with E-state index in [0.717, 1.165) is 6.92 Å². The molecule has 0 saturated carbocycles. The summed E-state index contributed by atoms with van der Waals surface area (Å²) < 4.78 is 96.5. The van der Waals surface area contributed by atoms with Crippen molar-refractivity contribution in [3.05, 3.63) is 0 Å². The Balaban J connectivity index is 3.23. The van der Waals surface area contributed by atoms with Crippen molar-refractivity contribution >= 4 is 28.6 Å². The maximum Gasteiger partial charge on any atom is 0.450 e. The van der Waals surface area contributed by atoms with Crippen LogP contribution in [0.25, 0.3) is 0 Å². The second-order valence-electron chi connectivity index (χ2n) is 4.76. The third-order valence-electron chi connectivity index (χ3n) is 3.07. The number of hydrogen-bond donors (Lipinski definition) is 1. The average molecular weight is 454 g/mol. The Morgan fingerprint density at radius 3 is 2.09 bits per heavy atom. The minimum absolute atomic E-state index is 0.0271. The molecule has 1 aliphatic heterocycles. The molecule has 0 aromatic carbocycles. The van der Waals surface area contributed by atoms with Gasteiger partial charge in [0.15, 0.2) is 0 Å². The lowest BCUT2D eigenvalue weighted by molar-refractivity contribution is -0.433. The lowest BCUT2D eigenvalue weighted by atomic mass is 10.0. The van der Waals surface area contributed by atoms with Gasteiger partial charge in [-0.15, -0.1) is 0 Å². The fourth-order valence-electron chi connectivity index (χ4n) is 1.47. The van der Waals surface area contributed by atoms with Crippen molar-refractivity contribution in [1.29, 1.82) is 0 Å². The molecule has 0 aromatic rings. The summed E-state index contributed by atoms with van der Waals surface area (Å²) in [4.78, 5) is 11.6. The molecule has 1 aliphatic rings. The maximum atomic E-state index is 13.6. The normalized spacial score (nSPS) is 33.3. The lowest BCUT2D eigenvalue weighted by Gasteiger charge is -2.30. The van der Waals surface area contributed by atoms with E-state index >= 15 is 0 Å². The predicted octanol–water partition coefficient (Wildman–Crippen LogP) is 3.01. The zero-order valence-electron chi connectivity index (χ0n) is 11.0. The number of aliphatic hydroxyl groups is 1. The molecule has 1 saturated heterocycles. The first-order valence-electron chi connectivity index (χ1n) is 5.68. The van der Waals surface area contributed by atoms with Crippen molar-refractivity contribution in [2.45, 2.75) is 53.8 Å². The van der Waals surface area contributed by atoms with Gasteiger partial charge in [-0.1, -0.05) is 29.5 Å². The van der Waals surface area contributed by atoms with Crippen LogP contribution in [0.4, 0.5) is 30.7 Å². The quantitative estimate of drug-likeness (QED) is 0.309. The SMILES string of the molecule is CCC(C)(I)C(=O)OC1C(F)(F)OC(O)(C(F)(F)F)C1(F)F. The monoisotopic (exact) mass is 454 g/mol. The standard InChI is InChI=1S/C10H10F7IO4/c1-3-6(2,18)5(19)21-4-7(11,12)9(20,10(15,16)17)22-8(4,13)14/h4,20H,3H2,1-2H3. The van der Waals surface area contributed by atoms with Crippen LogP contribution in [-0.2, 0) is 14.3 Å². The summed E-state index contributed by atoms with van der Waals surface area (Å²) in [5, 5.41) is 8.86. The average Bonchev–Trinajstić information content (AvgIpc) is 2.45. The summed E-state index contributed by atoms with van der Waals surface area (Å²) in [7, 11) is 0. The van der Waals surface area contributed by atoms with Crippen molar-refractivity contribution in [2.75, 3.05) is 0 Å². The van der Waals surface area contributed by atoms with Gasteiger partial charge >= 0.3 is 30.0 Å². The van der Waals surface area contributed by atoms with Gasteiger partial charge in [0.1, 0.15) is 3.42 Å². The van der Waals surface area contributed by atoms with Crippen molar-refractivity contribution in [3.8, 4) is 0 Å². The fraction of sp³-hybridized carbons (Fsp3) is 0.900. The van der Waals surface area contributed by atoms with Crippen LogP contribution >= 0.6 is 22.6 Å². The van der Waals surface area contributed by atoms with Gasteiger partial charge in [-0.3, -0.25) is 9.53 Å². The molecule has 0 amide bonds. The minimum atomic E-state index is -6.24. The third-order valence-corrected chi connectivity index (χ3v) is 4.27. The van der Waals surface area contributed by atoms with Crippen LogP contribution in [0, 0.1) is 0 Å². The molecule has 22 heavy (non-hydrogen) atoms. The van der Waals surface area contributed by atoms with Crippen LogP contribution in [0.2, 0.25) is 0 Å². The highest BCUT2D eigenvalue weighted by atomic mass is 127. The summed E-state index contributed by atoms with van der Waals surface area (Å²) in [5.74, 6) is -12.7. The van der Waals surface area contributed by atoms with Crippen molar-refractivity contribution < 1.29 is 50.1 Å². The van der Waals surface area contributed by atoms with Gasteiger partial charge < -0.3 is 9.84 Å². The van der Waals surface area contributed by atoms with Crippen LogP contribution in [0.3, 0.4) is 0 Å². The molecule has 12 heteroatoms. The molecule has 1 N–H and O–H groups in total. The summed E-state index contributed by atoms with van der Waals surface area (Å²) in [6, 6.07) is 0. The number of rotatable bonds is 3. The molecule has 0 aliphatic carbocycles. The van der Waals surface area contributed by atoms with Gasteiger partial charge in [0.05, 0.1) is 0 Å². The Morgan fingerprint density at radius 1 is 1.32 bits per heavy atom. The Bertz CT molecular complexity index is 465. The van der Waals surface area contributed by atoms with Crippen LogP contribution in [0.15, 0.2) is 0 Å². The molecule has 1 fully saturated rings. The van der Waals surface area contributed by atoms with Gasteiger partial charge in [-0.2, -0.15) is 30.7 Å². The van der Waals surface area contributed by atoms with Gasteiger partial charge in [-0.25, -0.2) is 0 Å². The van der Waals surface area contributed by atoms with E-state index in [1.807, 2.05) is 0 Å². The predicted molar refractivity (Wildman–Crippen MR) is 64.6 cm³/mol. The first-order valence-corrected chi connectivity index (χ1v) is 6.75. The third kappa shape index (κ3) is 2.88. The van der Waals surface area contributed by atoms with Gasteiger partial charge in [0, 0.05) is 0 Å². The fourth-order valence-corrected chi connectivity index (χ4v) is 1.60. The summed E-state index contributed by atoms with van der Waals surface area (Å²) in [5.41, 5.74) is 0. The Morgan fingerprint density at radius 2 is 1.77 bits per heavy atom. The zero-order valence-corrected chi connectivity index (χ0v) is 13.1. The molecule has 0 bridgehead atoms. The lowest BCUT2D eigenvalue weighted by Crippen LogP contribution is -2.60. The van der Waals surface area contributed by atoms with Crippen molar-refractivity contribution in [1.82, 2.24) is 0 Å². The minimum Gasteiger partial charge on any atom is -0.445 e. The number of esters is 1. The first-order chi connectivity index (χ1) is 9.53. The van der Waals surface area contributed by atoms with Crippen LogP contribution in [0.1, 0.15) is 20.3 Å². The second kappa shape index (κ2) is 5.33. The molecule has 3 unspecified atom stereocenters. The van der Waals surface area contributed by atoms with E-state index in [0.29, 0.717) is 0 Å². The van der Waals surface area contributed by atoms with E-state index in [-0.39, 0.29) is 6.42 Å². The topological polar surface area (TPSA) is 55.8 Å². The maximum absolute atomic E-state index is 13.6. The summed E-state index contributed by atoms with van der Waals surface area (Å²) in [6.07, 6.45) is -15.4.